The SMILES string of the molecule is C=CCCc1ccc(-c2cc(F)c(C#Cc3cc(F)c(C(F)(F)F)c(F)c3)c(F)c2)cc1. The van der Waals surface area contributed by atoms with Crippen LogP contribution in [-0.4, -0.2) is 0 Å². The summed E-state index contributed by atoms with van der Waals surface area (Å²) in [5, 5.41) is 0. The van der Waals surface area contributed by atoms with Gasteiger partial charge in [0.1, 0.15) is 28.8 Å². The molecule has 3 rings (SSSR count). The van der Waals surface area contributed by atoms with Gasteiger partial charge in [-0.05, 0) is 53.8 Å². The van der Waals surface area contributed by atoms with Crippen molar-refractivity contribution in [3.05, 3.63) is 107 Å². The highest BCUT2D eigenvalue weighted by atomic mass is 19.4. The zero-order valence-electron chi connectivity index (χ0n) is 16.5. The van der Waals surface area contributed by atoms with Crippen molar-refractivity contribution in [3.8, 4) is 23.0 Å². The first-order chi connectivity index (χ1) is 15.1. The van der Waals surface area contributed by atoms with Crippen molar-refractivity contribution >= 4 is 0 Å². The lowest BCUT2D eigenvalue weighted by atomic mass is 10.00. The van der Waals surface area contributed by atoms with Crippen LogP contribution in [0.25, 0.3) is 11.1 Å². The lowest BCUT2D eigenvalue weighted by Gasteiger charge is -2.09. The summed E-state index contributed by atoms with van der Waals surface area (Å²) in [6.07, 6.45) is -1.86. The fourth-order valence-corrected chi connectivity index (χ4v) is 3.04. The summed E-state index contributed by atoms with van der Waals surface area (Å²) in [5.41, 5.74) is -1.36. The van der Waals surface area contributed by atoms with Crippen LogP contribution in [0.2, 0.25) is 0 Å². The molecule has 32 heavy (non-hydrogen) atoms. The predicted octanol–water partition coefficient (Wildman–Crippen LogP) is 7.45. The minimum atomic E-state index is -5.22. The number of hydrogen-bond acceptors (Lipinski definition) is 0. The summed E-state index contributed by atoms with van der Waals surface area (Å²) in [7, 11) is 0. The topological polar surface area (TPSA) is 0 Å². The first-order valence-corrected chi connectivity index (χ1v) is 9.37. The average molecular weight is 448 g/mol. The standard InChI is InChI=1S/C25H15F7/c1-2-3-4-15-5-8-17(9-6-15)18-13-20(26)19(21(27)14-18)10-7-16-11-22(28)24(23(29)12-16)25(30,31)32/h2,5-6,8-9,11-14H,1,3-4H2. The molecule has 0 aliphatic rings. The van der Waals surface area contributed by atoms with Crippen LogP contribution in [0.1, 0.15) is 28.7 Å². The third-order valence-corrected chi connectivity index (χ3v) is 4.62. The van der Waals surface area contributed by atoms with E-state index in [0.29, 0.717) is 17.7 Å². The molecule has 0 fully saturated rings. The molecule has 3 aromatic rings. The zero-order chi connectivity index (χ0) is 23.5. The van der Waals surface area contributed by atoms with Crippen molar-refractivity contribution in [2.75, 3.05) is 0 Å². The molecule has 0 saturated heterocycles. The maximum Gasteiger partial charge on any atom is 0.422 e. The van der Waals surface area contributed by atoms with Crippen LogP contribution in [0.3, 0.4) is 0 Å². The molecule has 0 aromatic heterocycles. The first-order valence-electron chi connectivity index (χ1n) is 9.37. The second-order valence-electron chi connectivity index (χ2n) is 6.90. The summed E-state index contributed by atoms with van der Waals surface area (Å²) in [4.78, 5) is 0. The van der Waals surface area contributed by atoms with Gasteiger partial charge in [-0.2, -0.15) is 13.2 Å². The Morgan fingerprint density at radius 3 is 1.81 bits per heavy atom. The number of benzene rings is 3. The summed E-state index contributed by atoms with van der Waals surface area (Å²) < 4.78 is 94.1. The minimum absolute atomic E-state index is 0.257. The third-order valence-electron chi connectivity index (χ3n) is 4.62. The van der Waals surface area contributed by atoms with E-state index in [4.69, 9.17) is 0 Å². The molecule has 0 aliphatic carbocycles. The molecule has 3 aromatic carbocycles. The fraction of sp³-hybridized carbons (Fsp3) is 0.120. The van der Waals surface area contributed by atoms with Gasteiger partial charge in [0.05, 0.1) is 5.56 Å². The van der Waals surface area contributed by atoms with Gasteiger partial charge in [-0.1, -0.05) is 42.2 Å². The zero-order valence-corrected chi connectivity index (χ0v) is 16.5. The molecule has 0 radical (unpaired) electrons. The van der Waals surface area contributed by atoms with E-state index in [-0.39, 0.29) is 5.56 Å². The van der Waals surface area contributed by atoms with Crippen molar-refractivity contribution in [2.24, 2.45) is 0 Å². The van der Waals surface area contributed by atoms with Gasteiger partial charge in [0.25, 0.3) is 0 Å². The fourth-order valence-electron chi connectivity index (χ4n) is 3.04. The molecule has 0 nitrogen and oxygen atoms in total. The highest BCUT2D eigenvalue weighted by molar-refractivity contribution is 5.65. The highest BCUT2D eigenvalue weighted by Gasteiger charge is 2.37. The molecule has 0 amide bonds. The van der Waals surface area contributed by atoms with Gasteiger partial charge in [0, 0.05) is 5.56 Å². The Hall–Kier alpha value is -3.53. The lowest BCUT2D eigenvalue weighted by molar-refractivity contribution is -0.142. The molecule has 0 spiro atoms. The highest BCUT2D eigenvalue weighted by Crippen LogP contribution is 2.34. The van der Waals surface area contributed by atoms with Gasteiger partial charge in [-0.15, -0.1) is 6.58 Å². The molecule has 0 heterocycles. The van der Waals surface area contributed by atoms with E-state index in [0.717, 1.165) is 30.5 Å². The number of allylic oxidation sites excluding steroid dienone is 1. The van der Waals surface area contributed by atoms with Gasteiger partial charge < -0.3 is 0 Å². The Morgan fingerprint density at radius 2 is 1.31 bits per heavy atom. The number of halogens is 7. The number of rotatable bonds is 4. The monoisotopic (exact) mass is 448 g/mol. The van der Waals surface area contributed by atoms with Gasteiger partial charge >= 0.3 is 6.18 Å². The van der Waals surface area contributed by atoms with Crippen LogP contribution in [0.5, 0.6) is 0 Å². The molecule has 0 unspecified atom stereocenters. The normalized spacial score (nSPS) is 11.1. The van der Waals surface area contributed by atoms with Gasteiger partial charge in [0.15, 0.2) is 0 Å². The van der Waals surface area contributed by atoms with Crippen molar-refractivity contribution in [2.45, 2.75) is 19.0 Å². The maximum absolute atomic E-state index is 14.5. The van der Waals surface area contributed by atoms with E-state index >= 15 is 0 Å². The van der Waals surface area contributed by atoms with Crippen LogP contribution < -0.4 is 0 Å². The number of aryl methyl sites for hydroxylation is 1. The van der Waals surface area contributed by atoms with Crippen LogP contribution >= 0.6 is 0 Å². The van der Waals surface area contributed by atoms with Crippen LogP contribution in [0.4, 0.5) is 30.7 Å². The van der Waals surface area contributed by atoms with Gasteiger partial charge in [-0.25, -0.2) is 17.6 Å². The smallest absolute Gasteiger partial charge is 0.206 e. The molecule has 0 N–H and O–H groups in total. The molecule has 164 valence electrons. The third kappa shape index (κ3) is 5.20. The predicted molar refractivity (Wildman–Crippen MR) is 108 cm³/mol. The van der Waals surface area contributed by atoms with Crippen LogP contribution in [-0.2, 0) is 12.6 Å². The summed E-state index contributed by atoms with van der Waals surface area (Å²) in [6.45, 7) is 3.65. The van der Waals surface area contributed by atoms with Crippen molar-refractivity contribution in [1.29, 1.82) is 0 Å². The van der Waals surface area contributed by atoms with Gasteiger partial charge in [-0.3, -0.25) is 0 Å². The number of hydrogen-bond donors (Lipinski definition) is 0. The second-order valence-corrected chi connectivity index (χ2v) is 6.90. The van der Waals surface area contributed by atoms with Crippen LogP contribution in [0, 0.1) is 35.1 Å². The molecule has 0 aliphatic heterocycles. The molecule has 7 heteroatoms. The lowest BCUT2D eigenvalue weighted by Crippen LogP contribution is -2.11. The quantitative estimate of drug-likeness (QED) is 0.221. The average Bonchev–Trinajstić information content (AvgIpc) is 2.70. The molecule has 0 saturated carbocycles. The Kier molecular flexibility index (Phi) is 6.73. The summed E-state index contributed by atoms with van der Waals surface area (Å²) >= 11 is 0. The Bertz CT molecular complexity index is 1160. The van der Waals surface area contributed by atoms with Crippen LogP contribution in [0.15, 0.2) is 61.2 Å². The maximum atomic E-state index is 14.5. The van der Waals surface area contributed by atoms with Crippen molar-refractivity contribution in [3.63, 3.8) is 0 Å². The van der Waals surface area contributed by atoms with E-state index in [9.17, 15) is 30.7 Å². The van der Waals surface area contributed by atoms with E-state index in [2.05, 4.69) is 18.4 Å². The molecule has 0 bridgehead atoms. The molecule has 0 atom stereocenters. The molecular formula is C25H15F7. The summed E-state index contributed by atoms with van der Waals surface area (Å²) in [5.74, 6) is -1.57. The summed E-state index contributed by atoms with van der Waals surface area (Å²) in [6, 6.07) is 9.91. The van der Waals surface area contributed by atoms with E-state index in [1.165, 1.54) is 0 Å². The van der Waals surface area contributed by atoms with Gasteiger partial charge in [0.2, 0.25) is 0 Å². The first kappa shape index (κ1) is 23.1. The van der Waals surface area contributed by atoms with E-state index in [1.807, 2.05) is 12.1 Å². The van der Waals surface area contributed by atoms with Crippen molar-refractivity contribution in [1.82, 2.24) is 0 Å². The Labute approximate surface area is 180 Å². The van der Waals surface area contributed by atoms with Crippen molar-refractivity contribution < 1.29 is 30.7 Å². The molecular weight excluding hydrogens is 433 g/mol. The number of alkyl halides is 3. The Morgan fingerprint density at radius 1 is 0.750 bits per heavy atom. The van der Waals surface area contributed by atoms with E-state index < -0.39 is 46.1 Å². The minimum Gasteiger partial charge on any atom is -0.206 e. The Balaban J connectivity index is 1.91. The largest absolute Gasteiger partial charge is 0.422 e. The van der Waals surface area contributed by atoms with E-state index in [1.54, 1.807) is 18.2 Å². The second kappa shape index (κ2) is 9.31.